The molecule has 1 aromatic rings. The highest BCUT2D eigenvalue weighted by Crippen LogP contribution is 2.28. The van der Waals surface area contributed by atoms with Crippen LogP contribution in [0, 0.1) is 0 Å². The molecule has 0 spiro atoms. The smallest absolute Gasteiger partial charge is 0.245 e. The molecular formula is C11H17BrN2O3S2. The number of sulfonamides is 1. The van der Waals surface area contributed by atoms with Gasteiger partial charge in [0.15, 0.2) is 4.67 Å². The van der Waals surface area contributed by atoms with Crippen LogP contribution in [0.4, 0.5) is 0 Å². The molecule has 0 saturated carbocycles. The molecule has 2 rings (SSSR count). The lowest BCUT2D eigenvalue weighted by Crippen LogP contribution is -2.29. The minimum atomic E-state index is -3.51. The fourth-order valence-corrected chi connectivity index (χ4v) is 5.31. The van der Waals surface area contributed by atoms with Crippen LogP contribution in [0.3, 0.4) is 0 Å². The quantitative estimate of drug-likeness (QED) is 0.802. The lowest BCUT2D eigenvalue weighted by Gasteiger charge is -2.09. The van der Waals surface area contributed by atoms with Gasteiger partial charge in [0.2, 0.25) is 10.0 Å². The van der Waals surface area contributed by atoms with E-state index in [-0.39, 0.29) is 9.56 Å². The second-order valence-corrected chi connectivity index (χ2v) is 8.23. The number of rotatable bonds is 6. The highest BCUT2D eigenvalue weighted by atomic mass is 79.9. The second-order valence-electron chi connectivity index (χ2n) is 4.37. The summed E-state index contributed by atoms with van der Waals surface area (Å²) in [6, 6.07) is 1.55. The lowest BCUT2D eigenvalue weighted by atomic mass is 10.2. The molecule has 1 fully saturated rings. The van der Waals surface area contributed by atoms with Crippen LogP contribution in [-0.4, -0.2) is 33.0 Å². The Hall–Kier alpha value is -0.0200. The van der Waals surface area contributed by atoms with Gasteiger partial charge in [0.1, 0.15) is 10.7 Å². The van der Waals surface area contributed by atoms with E-state index >= 15 is 0 Å². The van der Waals surface area contributed by atoms with E-state index in [1.165, 1.54) is 6.42 Å². The summed E-state index contributed by atoms with van der Waals surface area (Å²) in [5.74, 6) is 1.71. The van der Waals surface area contributed by atoms with Crippen LogP contribution >= 0.6 is 27.7 Å². The van der Waals surface area contributed by atoms with Crippen LogP contribution in [0.2, 0.25) is 0 Å². The average Bonchev–Trinajstić information content (AvgIpc) is 2.97. The van der Waals surface area contributed by atoms with E-state index in [2.05, 4.69) is 26.0 Å². The zero-order valence-electron chi connectivity index (χ0n) is 10.6. The van der Waals surface area contributed by atoms with E-state index in [4.69, 9.17) is 4.42 Å². The Balaban J connectivity index is 2.05. The lowest BCUT2D eigenvalue weighted by molar-refractivity contribution is 0.470. The van der Waals surface area contributed by atoms with Crippen molar-refractivity contribution in [2.75, 3.05) is 19.3 Å². The molecule has 19 heavy (non-hydrogen) atoms. The molecule has 1 aliphatic rings. The normalized spacial score (nSPS) is 20.0. The maximum atomic E-state index is 12.2. The van der Waals surface area contributed by atoms with E-state index in [9.17, 15) is 8.42 Å². The van der Waals surface area contributed by atoms with E-state index in [0.717, 1.165) is 12.2 Å². The van der Waals surface area contributed by atoms with Crippen molar-refractivity contribution in [1.29, 1.82) is 0 Å². The molecule has 8 heteroatoms. The zero-order valence-corrected chi connectivity index (χ0v) is 13.8. The molecule has 1 aliphatic heterocycles. The zero-order chi connectivity index (χ0) is 13.9. The first kappa shape index (κ1) is 15.4. The van der Waals surface area contributed by atoms with Gasteiger partial charge in [-0.3, -0.25) is 0 Å². The number of thioether (sulfide) groups is 1. The van der Waals surface area contributed by atoms with Crippen LogP contribution in [-0.2, 0) is 16.6 Å². The summed E-state index contributed by atoms with van der Waals surface area (Å²) in [6.45, 7) is 0.971. The van der Waals surface area contributed by atoms with Gasteiger partial charge in [0.25, 0.3) is 0 Å². The van der Waals surface area contributed by atoms with Crippen molar-refractivity contribution < 1.29 is 12.8 Å². The molecule has 1 atom stereocenters. The van der Waals surface area contributed by atoms with Crippen molar-refractivity contribution >= 4 is 37.7 Å². The average molecular weight is 369 g/mol. The topological polar surface area (TPSA) is 71.3 Å². The molecule has 0 bridgehead atoms. The largest absolute Gasteiger partial charge is 0.452 e. The number of halogens is 1. The minimum Gasteiger partial charge on any atom is -0.452 e. The Kier molecular flexibility index (Phi) is 5.36. The number of furan rings is 1. The maximum Gasteiger partial charge on any atom is 0.245 e. The number of nitrogens with one attached hydrogen (secondary N) is 2. The Labute approximate surface area is 126 Å². The summed E-state index contributed by atoms with van der Waals surface area (Å²) < 4.78 is 32.6. The van der Waals surface area contributed by atoms with Crippen molar-refractivity contribution in [3.63, 3.8) is 0 Å². The van der Waals surface area contributed by atoms with E-state index in [1.807, 2.05) is 11.8 Å². The van der Waals surface area contributed by atoms with Crippen molar-refractivity contribution in [2.45, 2.75) is 29.5 Å². The highest BCUT2D eigenvalue weighted by molar-refractivity contribution is 9.10. The fraction of sp³-hybridized carbons (Fsp3) is 0.636. The van der Waals surface area contributed by atoms with Gasteiger partial charge in [-0.05, 0) is 41.6 Å². The fourth-order valence-electron chi connectivity index (χ4n) is 1.93. The summed E-state index contributed by atoms with van der Waals surface area (Å²) in [7, 11) is -1.73. The van der Waals surface area contributed by atoms with Gasteiger partial charge < -0.3 is 9.73 Å². The minimum absolute atomic E-state index is 0.167. The molecule has 2 heterocycles. The summed E-state index contributed by atoms with van der Waals surface area (Å²) >= 11 is 4.98. The van der Waals surface area contributed by atoms with Crippen LogP contribution in [0.5, 0.6) is 0 Å². The Morgan fingerprint density at radius 2 is 2.37 bits per heavy atom. The van der Waals surface area contributed by atoms with Crippen molar-refractivity contribution in [3.8, 4) is 0 Å². The first-order chi connectivity index (χ1) is 9.03. The molecule has 0 amide bonds. The van der Waals surface area contributed by atoms with E-state index < -0.39 is 10.0 Å². The van der Waals surface area contributed by atoms with Crippen molar-refractivity contribution in [3.05, 3.63) is 16.5 Å². The molecule has 108 valence electrons. The maximum absolute atomic E-state index is 12.2. The second kappa shape index (κ2) is 6.62. The van der Waals surface area contributed by atoms with Crippen LogP contribution in [0.25, 0.3) is 0 Å². The summed E-state index contributed by atoms with van der Waals surface area (Å²) in [5, 5.41) is 3.31. The highest BCUT2D eigenvalue weighted by Gasteiger charge is 2.24. The van der Waals surface area contributed by atoms with Crippen LogP contribution in [0.15, 0.2) is 20.0 Å². The molecule has 1 saturated heterocycles. The molecule has 0 radical (unpaired) electrons. The Bertz CT molecular complexity index is 524. The van der Waals surface area contributed by atoms with Gasteiger partial charge in [-0.1, -0.05) is 0 Å². The van der Waals surface area contributed by atoms with Crippen molar-refractivity contribution in [2.24, 2.45) is 0 Å². The summed E-state index contributed by atoms with van der Waals surface area (Å²) in [5.41, 5.74) is 0. The molecule has 2 N–H and O–H groups in total. The van der Waals surface area contributed by atoms with E-state index in [1.54, 1.807) is 13.1 Å². The van der Waals surface area contributed by atoms with Gasteiger partial charge >= 0.3 is 0 Å². The molecule has 1 unspecified atom stereocenters. The molecule has 1 aromatic heterocycles. The molecule has 0 aliphatic carbocycles. The number of hydrogen-bond acceptors (Lipinski definition) is 5. The van der Waals surface area contributed by atoms with Gasteiger partial charge in [-0.2, -0.15) is 11.8 Å². The molecule has 0 aromatic carbocycles. The first-order valence-electron chi connectivity index (χ1n) is 6.07. The van der Waals surface area contributed by atoms with E-state index in [0.29, 0.717) is 24.1 Å². The first-order valence-corrected chi connectivity index (χ1v) is 9.39. The SMILES string of the molecule is CNCc1cc(S(=O)(=O)NCC2CCCS2)c(Br)o1. The van der Waals surface area contributed by atoms with Gasteiger partial charge in [0.05, 0.1) is 6.54 Å². The standard InChI is InChI=1S/C11H17BrN2O3S2/c1-13-6-8-5-10(11(12)17-8)19(15,16)14-7-9-3-2-4-18-9/h5,9,13-14H,2-4,6-7H2,1H3. The van der Waals surface area contributed by atoms with Crippen LogP contribution < -0.4 is 10.0 Å². The van der Waals surface area contributed by atoms with Gasteiger partial charge in [-0.25, -0.2) is 13.1 Å². The third-order valence-corrected chi connectivity index (χ3v) is 6.55. The van der Waals surface area contributed by atoms with Crippen LogP contribution in [0.1, 0.15) is 18.6 Å². The predicted molar refractivity (Wildman–Crippen MR) is 79.8 cm³/mol. The number of hydrogen-bond donors (Lipinski definition) is 2. The molecule has 5 nitrogen and oxygen atoms in total. The molecular weight excluding hydrogens is 352 g/mol. The Morgan fingerprint density at radius 1 is 1.58 bits per heavy atom. The van der Waals surface area contributed by atoms with Crippen molar-refractivity contribution in [1.82, 2.24) is 10.0 Å². The monoisotopic (exact) mass is 368 g/mol. The summed E-state index contributed by atoms with van der Waals surface area (Å²) in [4.78, 5) is 0.167. The predicted octanol–water partition coefficient (Wildman–Crippen LogP) is 1.94. The Morgan fingerprint density at radius 3 is 3.00 bits per heavy atom. The summed E-state index contributed by atoms with van der Waals surface area (Å²) in [6.07, 6.45) is 2.24. The third-order valence-electron chi connectivity index (χ3n) is 2.87. The van der Waals surface area contributed by atoms with Gasteiger partial charge in [0, 0.05) is 17.9 Å². The van der Waals surface area contributed by atoms with Gasteiger partial charge in [-0.15, -0.1) is 0 Å². The third kappa shape index (κ3) is 3.98.